The number of nitrogens with one attached hydrogen (secondary N) is 1. The van der Waals surface area contributed by atoms with Crippen LogP contribution in [0.1, 0.15) is 18.4 Å². The van der Waals surface area contributed by atoms with Gasteiger partial charge in [0.15, 0.2) is 0 Å². The number of rotatable bonds is 3. The molecule has 5 nitrogen and oxygen atoms in total. The summed E-state index contributed by atoms with van der Waals surface area (Å²) < 4.78 is 43.8. The second-order valence-corrected chi connectivity index (χ2v) is 7.34. The van der Waals surface area contributed by atoms with Crippen molar-refractivity contribution in [1.29, 1.82) is 0 Å². The van der Waals surface area contributed by atoms with E-state index in [2.05, 4.69) is 15.9 Å². The molecule has 1 N–H and O–H groups in total. The van der Waals surface area contributed by atoms with Crippen LogP contribution in [0, 0.1) is 0 Å². The van der Waals surface area contributed by atoms with E-state index in [9.17, 15) is 22.8 Å². The Balaban J connectivity index is 1.94. The molecule has 1 fully saturated rings. The van der Waals surface area contributed by atoms with E-state index < -0.39 is 18.0 Å². The summed E-state index contributed by atoms with van der Waals surface area (Å²) >= 11 is 3.37. The predicted octanol–water partition coefficient (Wildman–Crippen LogP) is 3.42. The highest BCUT2D eigenvalue weighted by Crippen LogP contribution is 2.36. The number of ether oxygens (including phenoxy) is 1. The lowest BCUT2D eigenvalue weighted by molar-refractivity contribution is -0.174. The van der Waals surface area contributed by atoms with Gasteiger partial charge in [-0.25, -0.2) is 0 Å². The first-order valence-corrected chi connectivity index (χ1v) is 9.50. The second kappa shape index (κ2) is 8.48. The Labute approximate surface area is 168 Å². The summed E-state index contributed by atoms with van der Waals surface area (Å²) in [7, 11) is 0. The molecule has 3 rings (SSSR count). The Kier molecular flexibility index (Phi) is 6.24. The number of hydrogen-bond donors (Lipinski definition) is 1. The normalized spacial score (nSPS) is 19.3. The molecular formula is C19H18BrF3N2O3. The molecule has 9 heteroatoms. The highest BCUT2D eigenvalue weighted by atomic mass is 79.9. The van der Waals surface area contributed by atoms with Gasteiger partial charge in [-0.1, -0.05) is 28.1 Å². The van der Waals surface area contributed by atoms with Gasteiger partial charge in [0, 0.05) is 28.8 Å². The smallest absolute Gasteiger partial charge is 0.378 e. The molecule has 1 aliphatic heterocycles. The first-order valence-electron chi connectivity index (χ1n) is 8.70. The van der Waals surface area contributed by atoms with Crippen LogP contribution in [0.25, 0.3) is 6.08 Å². The lowest BCUT2D eigenvalue weighted by Crippen LogP contribution is -2.42. The third kappa shape index (κ3) is 4.82. The van der Waals surface area contributed by atoms with Crippen molar-refractivity contribution in [3.63, 3.8) is 0 Å². The van der Waals surface area contributed by atoms with E-state index >= 15 is 0 Å². The van der Waals surface area contributed by atoms with Gasteiger partial charge in [0.05, 0.1) is 13.2 Å². The average molecular weight is 459 g/mol. The maximum absolute atomic E-state index is 12.5. The molecule has 0 unspecified atom stereocenters. The number of carbonyl (C=O) groups excluding carboxylic acids is 2. The summed E-state index contributed by atoms with van der Waals surface area (Å²) in [6, 6.07) is 7.57. The molecule has 2 aliphatic rings. The highest BCUT2D eigenvalue weighted by molar-refractivity contribution is 9.10. The molecule has 0 saturated carbocycles. The Hall–Kier alpha value is -2.13. The quantitative estimate of drug-likeness (QED) is 0.753. The first kappa shape index (κ1) is 20.6. The fourth-order valence-electron chi connectivity index (χ4n) is 3.24. The SMILES string of the molecule is O=C(NC(=O)C(F)(F)F)C1=C(N2CCOCC2)C(=Cc2ccc(Br)cc2)CC1. The number of allylic oxidation sites excluding steroid dienone is 1. The average Bonchev–Trinajstić information content (AvgIpc) is 3.07. The van der Waals surface area contributed by atoms with E-state index in [1.165, 1.54) is 5.32 Å². The van der Waals surface area contributed by atoms with Crippen LogP contribution < -0.4 is 5.32 Å². The maximum Gasteiger partial charge on any atom is 0.471 e. The van der Waals surface area contributed by atoms with Crippen molar-refractivity contribution in [2.75, 3.05) is 26.3 Å². The summed E-state index contributed by atoms with van der Waals surface area (Å²) in [6.07, 6.45) is -2.41. The Morgan fingerprint density at radius 1 is 1.11 bits per heavy atom. The number of hydrogen-bond acceptors (Lipinski definition) is 4. The number of carbonyl (C=O) groups is 2. The maximum atomic E-state index is 12.5. The molecule has 2 amide bonds. The predicted molar refractivity (Wildman–Crippen MR) is 100.0 cm³/mol. The fourth-order valence-corrected chi connectivity index (χ4v) is 3.51. The first-order chi connectivity index (χ1) is 13.3. The van der Waals surface area contributed by atoms with Crippen molar-refractivity contribution >= 4 is 33.8 Å². The number of nitrogens with zero attached hydrogens (tertiary/aromatic N) is 1. The van der Waals surface area contributed by atoms with Gasteiger partial charge in [0.25, 0.3) is 5.91 Å². The molecule has 1 heterocycles. The number of morpholine rings is 1. The lowest BCUT2D eigenvalue weighted by Gasteiger charge is -2.31. The topological polar surface area (TPSA) is 58.6 Å². The van der Waals surface area contributed by atoms with Crippen LogP contribution in [0.5, 0.6) is 0 Å². The molecule has 0 bridgehead atoms. The molecule has 0 spiro atoms. The molecule has 0 atom stereocenters. The molecule has 0 aromatic heterocycles. The minimum Gasteiger partial charge on any atom is -0.378 e. The van der Waals surface area contributed by atoms with E-state index in [-0.39, 0.29) is 12.0 Å². The Bertz CT molecular complexity index is 826. The van der Waals surface area contributed by atoms with Crippen LogP contribution in [0.15, 0.2) is 45.6 Å². The van der Waals surface area contributed by atoms with Crippen LogP contribution in [0.3, 0.4) is 0 Å². The highest BCUT2D eigenvalue weighted by Gasteiger charge is 2.41. The lowest BCUT2D eigenvalue weighted by atomic mass is 10.1. The standard InChI is InChI=1S/C19H18BrF3N2O3/c20-14-4-1-12(2-5-14)11-13-3-6-15(16(13)25-7-9-28-10-8-25)17(26)24-18(27)19(21,22)23/h1-2,4-5,11H,3,6-10H2,(H,24,26,27). The molecule has 28 heavy (non-hydrogen) atoms. The van der Waals surface area contributed by atoms with Crippen molar-refractivity contribution in [2.45, 2.75) is 19.0 Å². The third-order valence-corrected chi connectivity index (χ3v) is 5.06. The van der Waals surface area contributed by atoms with Crippen LogP contribution in [-0.4, -0.2) is 49.2 Å². The molecular weight excluding hydrogens is 441 g/mol. The number of amides is 2. The van der Waals surface area contributed by atoms with Gasteiger partial charge >= 0.3 is 12.1 Å². The largest absolute Gasteiger partial charge is 0.471 e. The van der Waals surface area contributed by atoms with Crippen LogP contribution in [0.4, 0.5) is 13.2 Å². The molecule has 1 aromatic rings. The van der Waals surface area contributed by atoms with E-state index in [0.717, 1.165) is 15.6 Å². The van der Waals surface area contributed by atoms with Crippen molar-refractivity contribution < 1.29 is 27.5 Å². The molecule has 1 aliphatic carbocycles. The Morgan fingerprint density at radius 3 is 2.36 bits per heavy atom. The van der Waals surface area contributed by atoms with Gasteiger partial charge in [-0.15, -0.1) is 0 Å². The zero-order chi connectivity index (χ0) is 20.3. The van der Waals surface area contributed by atoms with Gasteiger partial charge in [-0.2, -0.15) is 13.2 Å². The molecule has 0 radical (unpaired) electrons. The van der Waals surface area contributed by atoms with Crippen LogP contribution in [0.2, 0.25) is 0 Å². The van der Waals surface area contributed by atoms with Crippen molar-refractivity contribution in [3.05, 3.63) is 51.1 Å². The van der Waals surface area contributed by atoms with Gasteiger partial charge in [0.1, 0.15) is 0 Å². The fraction of sp³-hybridized carbons (Fsp3) is 0.368. The van der Waals surface area contributed by atoms with E-state index in [1.54, 1.807) is 0 Å². The number of benzene rings is 1. The number of imide groups is 1. The van der Waals surface area contributed by atoms with Crippen LogP contribution >= 0.6 is 15.9 Å². The van der Waals surface area contributed by atoms with E-state index in [4.69, 9.17) is 4.74 Å². The molecule has 1 aromatic carbocycles. The summed E-state index contributed by atoms with van der Waals surface area (Å²) in [5.74, 6) is -3.25. The summed E-state index contributed by atoms with van der Waals surface area (Å²) in [4.78, 5) is 25.5. The molecule has 150 valence electrons. The van der Waals surface area contributed by atoms with Crippen LogP contribution in [-0.2, 0) is 14.3 Å². The number of halogens is 4. The minimum atomic E-state index is -5.11. The second-order valence-electron chi connectivity index (χ2n) is 6.43. The summed E-state index contributed by atoms with van der Waals surface area (Å²) in [5.41, 5.74) is 2.56. The zero-order valence-electron chi connectivity index (χ0n) is 14.8. The van der Waals surface area contributed by atoms with Crippen molar-refractivity contribution in [3.8, 4) is 0 Å². The van der Waals surface area contributed by atoms with E-state index in [0.29, 0.717) is 38.4 Å². The molecule has 1 saturated heterocycles. The minimum absolute atomic E-state index is 0.197. The monoisotopic (exact) mass is 458 g/mol. The van der Waals surface area contributed by atoms with Gasteiger partial charge in [-0.3, -0.25) is 14.9 Å². The van der Waals surface area contributed by atoms with Gasteiger partial charge in [0.2, 0.25) is 0 Å². The Morgan fingerprint density at radius 2 is 1.75 bits per heavy atom. The zero-order valence-corrected chi connectivity index (χ0v) is 16.4. The third-order valence-electron chi connectivity index (χ3n) is 4.53. The number of alkyl halides is 3. The summed E-state index contributed by atoms with van der Waals surface area (Å²) in [6.45, 7) is 1.98. The summed E-state index contributed by atoms with van der Waals surface area (Å²) in [5, 5.41) is 1.47. The van der Waals surface area contributed by atoms with Gasteiger partial charge < -0.3 is 9.64 Å². The van der Waals surface area contributed by atoms with Gasteiger partial charge in [-0.05, 0) is 42.2 Å². The van der Waals surface area contributed by atoms with E-state index in [1.807, 2.05) is 35.2 Å². The van der Waals surface area contributed by atoms with Crippen molar-refractivity contribution in [1.82, 2.24) is 10.2 Å². The van der Waals surface area contributed by atoms with Crippen molar-refractivity contribution in [2.24, 2.45) is 0 Å².